The Balaban J connectivity index is 2.08. The summed E-state index contributed by atoms with van der Waals surface area (Å²) in [7, 11) is 0. The number of nitrogens with one attached hydrogen (secondary N) is 1. The van der Waals surface area contributed by atoms with Gasteiger partial charge in [-0.2, -0.15) is 0 Å². The van der Waals surface area contributed by atoms with Crippen LogP contribution in [-0.4, -0.2) is 18.5 Å². The molecule has 1 rings (SSSR count). The minimum Gasteiger partial charge on any atom is -0.469 e. The zero-order chi connectivity index (χ0) is 10.9. The van der Waals surface area contributed by atoms with Crippen molar-refractivity contribution in [3.63, 3.8) is 0 Å². The lowest BCUT2D eigenvalue weighted by atomic mass is 10.1. The zero-order valence-corrected chi connectivity index (χ0v) is 9.83. The van der Waals surface area contributed by atoms with E-state index in [1.54, 1.807) is 6.26 Å². The number of aryl methyl sites for hydroxylation is 1. The molecular formula is C12H18ClNO. The molecule has 0 amide bonds. The number of halogens is 1. The van der Waals surface area contributed by atoms with E-state index in [1.807, 2.05) is 18.2 Å². The molecule has 0 spiro atoms. The average Bonchev–Trinajstić information content (AvgIpc) is 2.74. The van der Waals surface area contributed by atoms with E-state index >= 15 is 0 Å². The van der Waals surface area contributed by atoms with Crippen molar-refractivity contribution in [2.24, 2.45) is 0 Å². The van der Waals surface area contributed by atoms with Crippen LogP contribution in [0.1, 0.15) is 19.1 Å². The summed E-state index contributed by atoms with van der Waals surface area (Å²) in [6.45, 7) is 3.06. The van der Waals surface area contributed by atoms with Crippen LogP contribution < -0.4 is 5.32 Å². The van der Waals surface area contributed by atoms with Crippen LogP contribution in [0.3, 0.4) is 0 Å². The smallest absolute Gasteiger partial charge is 0.103 e. The first-order chi connectivity index (χ1) is 7.33. The molecule has 1 aromatic heterocycles. The number of furan rings is 1. The molecule has 0 saturated heterocycles. The van der Waals surface area contributed by atoms with Gasteiger partial charge in [0.05, 0.1) is 6.26 Å². The molecule has 1 unspecified atom stereocenters. The van der Waals surface area contributed by atoms with Gasteiger partial charge in [0.15, 0.2) is 0 Å². The Hall–Kier alpha value is -0.730. The molecule has 3 heteroatoms. The standard InChI is InChI=1S/C12H18ClNO/c1-11(14-9-3-2-8-13)6-7-12-5-4-10-15-12/h2-5,10-11,14H,6-9H2,1H3/b3-2+. The first kappa shape index (κ1) is 12.3. The second-order valence-electron chi connectivity index (χ2n) is 3.55. The molecule has 0 aliphatic heterocycles. The molecule has 0 aromatic carbocycles. The number of alkyl halides is 1. The maximum absolute atomic E-state index is 5.52. The maximum Gasteiger partial charge on any atom is 0.103 e. The van der Waals surface area contributed by atoms with E-state index in [2.05, 4.69) is 18.3 Å². The van der Waals surface area contributed by atoms with Gasteiger partial charge in [-0.1, -0.05) is 12.2 Å². The van der Waals surface area contributed by atoms with Gasteiger partial charge in [0, 0.05) is 24.9 Å². The van der Waals surface area contributed by atoms with E-state index in [1.165, 1.54) is 0 Å². The Bertz CT molecular complexity index is 269. The van der Waals surface area contributed by atoms with Crippen LogP contribution in [0.25, 0.3) is 0 Å². The fourth-order valence-electron chi connectivity index (χ4n) is 1.33. The summed E-state index contributed by atoms with van der Waals surface area (Å²) in [6.07, 6.45) is 7.80. The highest BCUT2D eigenvalue weighted by Gasteiger charge is 2.01. The first-order valence-electron chi connectivity index (χ1n) is 5.29. The predicted molar refractivity (Wildman–Crippen MR) is 64.4 cm³/mol. The number of rotatable bonds is 7. The Kier molecular flexibility index (Phi) is 6.21. The molecule has 0 fully saturated rings. The van der Waals surface area contributed by atoms with Gasteiger partial charge >= 0.3 is 0 Å². The van der Waals surface area contributed by atoms with E-state index in [9.17, 15) is 0 Å². The van der Waals surface area contributed by atoms with Gasteiger partial charge in [-0.25, -0.2) is 0 Å². The van der Waals surface area contributed by atoms with Crippen molar-refractivity contribution in [2.45, 2.75) is 25.8 Å². The lowest BCUT2D eigenvalue weighted by Gasteiger charge is -2.10. The lowest BCUT2D eigenvalue weighted by molar-refractivity contribution is 0.469. The van der Waals surface area contributed by atoms with Gasteiger partial charge in [-0.3, -0.25) is 0 Å². The van der Waals surface area contributed by atoms with Crippen LogP contribution in [0.4, 0.5) is 0 Å². The Morgan fingerprint density at radius 1 is 1.53 bits per heavy atom. The van der Waals surface area contributed by atoms with E-state index in [-0.39, 0.29) is 0 Å². The van der Waals surface area contributed by atoms with E-state index < -0.39 is 0 Å². The summed E-state index contributed by atoms with van der Waals surface area (Å²) < 4.78 is 5.27. The Labute approximate surface area is 96.3 Å². The number of hydrogen-bond acceptors (Lipinski definition) is 2. The van der Waals surface area contributed by atoms with Gasteiger partial charge in [-0.05, 0) is 25.5 Å². The molecule has 1 aromatic rings. The van der Waals surface area contributed by atoms with Crippen molar-refractivity contribution in [3.8, 4) is 0 Å². The van der Waals surface area contributed by atoms with Crippen molar-refractivity contribution in [1.82, 2.24) is 5.32 Å². The Morgan fingerprint density at radius 3 is 3.07 bits per heavy atom. The quantitative estimate of drug-likeness (QED) is 0.572. The second kappa shape index (κ2) is 7.55. The van der Waals surface area contributed by atoms with Crippen molar-refractivity contribution in [1.29, 1.82) is 0 Å². The van der Waals surface area contributed by atoms with E-state index in [0.29, 0.717) is 11.9 Å². The van der Waals surface area contributed by atoms with Crippen LogP contribution in [0.5, 0.6) is 0 Å². The number of hydrogen-bond donors (Lipinski definition) is 1. The van der Waals surface area contributed by atoms with Gasteiger partial charge < -0.3 is 9.73 Å². The summed E-state index contributed by atoms with van der Waals surface area (Å²) in [5.74, 6) is 1.64. The van der Waals surface area contributed by atoms with Gasteiger partial charge in [0.2, 0.25) is 0 Å². The highest BCUT2D eigenvalue weighted by Crippen LogP contribution is 2.05. The molecule has 0 radical (unpaired) electrons. The summed E-state index contributed by atoms with van der Waals surface area (Å²) in [4.78, 5) is 0. The largest absolute Gasteiger partial charge is 0.469 e. The van der Waals surface area contributed by atoms with E-state index in [0.717, 1.165) is 25.1 Å². The molecule has 1 heterocycles. The highest BCUT2D eigenvalue weighted by atomic mass is 35.5. The molecule has 1 N–H and O–H groups in total. The van der Waals surface area contributed by atoms with Crippen LogP contribution in [-0.2, 0) is 6.42 Å². The maximum atomic E-state index is 5.52. The van der Waals surface area contributed by atoms with Crippen LogP contribution in [0.15, 0.2) is 35.0 Å². The third-order valence-corrected chi connectivity index (χ3v) is 2.42. The SMILES string of the molecule is CC(CCc1ccco1)NC/C=C/CCl. The molecule has 2 nitrogen and oxygen atoms in total. The predicted octanol–water partition coefficient (Wildman–Crippen LogP) is 2.99. The summed E-state index contributed by atoms with van der Waals surface area (Å²) in [6, 6.07) is 4.44. The highest BCUT2D eigenvalue weighted by molar-refractivity contribution is 6.18. The molecule has 0 aliphatic carbocycles. The van der Waals surface area contributed by atoms with Gasteiger partial charge in [-0.15, -0.1) is 11.6 Å². The lowest BCUT2D eigenvalue weighted by Crippen LogP contribution is -2.26. The topological polar surface area (TPSA) is 25.2 Å². The van der Waals surface area contributed by atoms with Crippen molar-refractivity contribution in [2.75, 3.05) is 12.4 Å². The van der Waals surface area contributed by atoms with E-state index in [4.69, 9.17) is 16.0 Å². The Morgan fingerprint density at radius 2 is 2.40 bits per heavy atom. The average molecular weight is 228 g/mol. The molecule has 0 saturated carbocycles. The summed E-state index contributed by atoms with van der Waals surface area (Å²) >= 11 is 5.52. The van der Waals surface area contributed by atoms with Gasteiger partial charge in [0.25, 0.3) is 0 Å². The fourth-order valence-corrected chi connectivity index (χ4v) is 1.46. The third kappa shape index (κ3) is 5.65. The zero-order valence-electron chi connectivity index (χ0n) is 9.08. The van der Waals surface area contributed by atoms with Crippen molar-refractivity contribution in [3.05, 3.63) is 36.3 Å². The molecule has 0 bridgehead atoms. The minimum absolute atomic E-state index is 0.495. The van der Waals surface area contributed by atoms with Crippen molar-refractivity contribution < 1.29 is 4.42 Å². The minimum atomic E-state index is 0.495. The molecule has 0 aliphatic rings. The molecule has 1 atom stereocenters. The summed E-state index contributed by atoms with van der Waals surface area (Å²) in [5, 5.41) is 3.39. The molecule has 84 valence electrons. The monoisotopic (exact) mass is 227 g/mol. The van der Waals surface area contributed by atoms with Gasteiger partial charge in [0.1, 0.15) is 5.76 Å². The van der Waals surface area contributed by atoms with Crippen molar-refractivity contribution >= 4 is 11.6 Å². The molecule has 15 heavy (non-hydrogen) atoms. The number of allylic oxidation sites excluding steroid dienone is 1. The summed E-state index contributed by atoms with van der Waals surface area (Å²) in [5.41, 5.74) is 0. The fraction of sp³-hybridized carbons (Fsp3) is 0.500. The first-order valence-corrected chi connectivity index (χ1v) is 5.83. The normalized spacial score (nSPS) is 13.5. The van der Waals surface area contributed by atoms with Crippen LogP contribution in [0, 0.1) is 0 Å². The molecular weight excluding hydrogens is 210 g/mol. The third-order valence-electron chi connectivity index (χ3n) is 2.24. The second-order valence-corrected chi connectivity index (χ2v) is 3.86. The van der Waals surface area contributed by atoms with Crippen LogP contribution >= 0.6 is 11.6 Å². The van der Waals surface area contributed by atoms with Crippen LogP contribution in [0.2, 0.25) is 0 Å².